The van der Waals surface area contributed by atoms with Crippen LogP contribution in [0.2, 0.25) is 5.02 Å². The lowest BCUT2D eigenvalue weighted by atomic mass is 10.1. The van der Waals surface area contributed by atoms with E-state index in [0.29, 0.717) is 6.61 Å². The zero-order valence-electron chi connectivity index (χ0n) is 15.9. The number of methoxy groups -OCH3 is 1. The van der Waals surface area contributed by atoms with Crippen LogP contribution in [0.4, 0.5) is 0 Å². The SMILES string of the molecule is COc1ccc(CCNCc2ccc(OCc3ccccc3Cl)cc2)cc1.Cl. The summed E-state index contributed by atoms with van der Waals surface area (Å²) in [4.78, 5) is 0. The maximum atomic E-state index is 6.15. The lowest BCUT2D eigenvalue weighted by Crippen LogP contribution is -2.16. The Morgan fingerprint density at radius 2 is 1.46 bits per heavy atom. The monoisotopic (exact) mass is 417 g/mol. The molecule has 3 rings (SSSR count). The molecule has 3 aromatic carbocycles. The minimum atomic E-state index is 0. The smallest absolute Gasteiger partial charge is 0.119 e. The van der Waals surface area contributed by atoms with Crippen LogP contribution in [0.15, 0.2) is 72.8 Å². The van der Waals surface area contributed by atoms with E-state index >= 15 is 0 Å². The van der Waals surface area contributed by atoms with Crippen LogP contribution in [0.3, 0.4) is 0 Å². The van der Waals surface area contributed by atoms with Crippen LogP contribution >= 0.6 is 24.0 Å². The summed E-state index contributed by atoms with van der Waals surface area (Å²) in [6.45, 7) is 2.23. The fourth-order valence-corrected chi connectivity index (χ4v) is 2.93. The Labute approximate surface area is 178 Å². The van der Waals surface area contributed by atoms with Gasteiger partial charge in [0.25, 0.3) is 0 Å². The molecular weight excluding hydrogens is 393 g/mol. The third-order valence-electron chi connectivity index (χ3n) is 4.35. The highest BCUT2D eigenvalue weighted by molar-refractivity contribution is 6.31. The van der Waals surface area contributed by atoms with Gasteiger partial charge in [-0.1, -0.05) is 54.1 Å². The Morgan fingerprint density at radius 1 is 0.821 bits per heavy atom. The minimum Gasteiger partial charge on any atom is -0.497 e. The zero-order chi connectivity index (χ0) is 18.9. The van der Waals surface area contributed by atoms with Crippen molar-refractivity contribution in [3.8, 4) is 11.5 Å². The number of hydrogen-bond donors (Lipinski definition) is 1. The summed E-state index contributed by atoms with van der Waals surface area (Å²) in [6, 6.07) is 24.1. The van der Waals surface area contributed by atoms with Crippen molar-refractivity contribution in [2.75, 3.05) is 13.7 Å². The molecule has 1 N–H and O–H groups in total. The Hall–Kier alpha value is -2.20. The molecule has 0 aliphatic heterocycles. The van der Waals surface area contributed by atoms with Gasteiger partial charge in [-0.05, 0) is 54.4 Å². The number of halogens is 2. The van der Waals surface area contributed by atoms with Crippen LogP contribution < -0.4 is 14.8 Å². The first-order valence-corrected chi connectivity index (χ1v) is 9.41. The third-order valence-corrected chi connectivity index (χ3v) is 4.72. The molecular formula is C23H25Cl2NO2. The first kappa shape index (κ1) is 22.1. The van der Waals surface area contributed by atoms with Crippen molar-refractivity contribution in [1.29, 1.82) is 0 Å². The first-order valence-electron chi connectivity index (χ1n) is 9.03. The molecule has 3 aromatic rings. The Kier molecular flexibility index (Phi) is 9.15. The molecule has 0 amide bonds. The fraction of sp³-hybridized carbons (Fsp3) is 0.217. The molecule has 3 nitrogen and oxygen atoms in total. The quantitative estimate of drug-likeness (QED) is 0.454. The van der Waals surface area contributed by atoms with Crippen LogP contribution in [-0.2, 0) is 19.6 Å². The van der Waals surface area contributed by atoms with E-state index in [9.17, 15) is 0 Å². The van der Waals surface area contributed by atoms with Crippen LogP contribution in [0.25, 0.3) is 0 Å². The molecule has 0 radical (unpaired) electrons. The average Bonchev–Trinajstić information content (AvgIpc) is 2.72. The van der Waals surface area contributed by atoms with E-state index in [1.165, 1.54) is 11.1 Å². The van der Waals surface area contributed by atoms with Gasteiger partial charge >= 0.3 is 0 Å². The average molecular weight is 418 g/mol. The van der Waals surface area contributed by atoms with Gasteiger partial charge in [-0.25, -0.2) is 0 Å². The molecule has 0 bridgehead atoms. The Balaban J connectivity index is 0.00000280. The fourth-order valence-electron chi connectivity index (χ4n) is 2.74. The summed E-state index contributed by atoms with van der Waals surface area (Å²) in [5, 5.41) is 4.21. The molecule has 0 aliphatic carbocycles. The molecule has 0 unspecified atom stereocenters. The predicted molar refractivity (Wildman–Crippen MR) is 118 cm³/mol. The summed E-state index contributed by atoms with van der Waals surface area (Å²) >= 11 is 6.15. The summed E-state index contributed by atoms with van der Waals surface area (Å²) in [6.07, 6.45) is 0.989. The molecule has 0 heterocycles. The normalized spacial score (nSPS) is 10.2. The third kappa shape index (κ3) is 6.75. The van der Waals surface area contributed by atoms with Crippen molar-refractivity contribution in [2.45, 2.75) is 19.6 Å². The minimum absolute atomic E-state index is 0. The van der Waals surface area contributed by atoms with Crippen LogP contribution in [0.1, 0.15) is 16.7 Å². The first-order chi connectivity index (χ1) is 13.2. The highest BCUT2D eigenvalue weighted by Crippen LogP contribution is 2.19. The molecule has 0 fully saturated rings. The highest BCUT2D eigenvalue weighted by atomic mass is 35.5. The number of hydrogen-bond acceptors (Lipinski definition) is 3. The van der Waals surface area contributed by atoms with Crippen molar-refractivity contribution in [1.82, 2.24) is 5.32 Å². The maximum absolute atomic E-state index is 6.15. The van der Waals surface area contributed by atoms with Crippen molar-refractivity contribution in [2.24, 2.45) is 0 Å². The van der Waals surface area contributed by atoms with E-state index in [1.54, 1.807) is 7.11 Å². The van der Waals surface area contributed by atoms with Crippen molar-refractivity contribution in [3.63, 3.8) is 0 Å². The number of ether oxygens (including phenoxy) is 2. The second-order valence-corrected chi connectivity index (χ2v) is 6.71. The van der Waals surface area contributed by atoms with Gasteiger partial charge in [0.05, 0.1) is 7.11 Å². The van der Waals surface area contributed by atoms with E-state index < -0.39 is 0 Å². The van der Waals surface area contributed by atoms with Crippen LogP contribution in [0, 0.1) is 0 Å². The molecule has 0 saturated carbocycles. The molecule has 0 atom stereocenters. The molecule has 0 aliphatic rings. The summed E-state index contributed by atoms with van der Waals surface area (Å²) in [7, 11) is 1.68. The second-order valence-electron chi connectivity index (χ2n) is 6.30. The van der Waals surface area contributed by atoms with Gasteiger partial charge in [-0.3, -0.25) is 0 Å². The van der Waals surface area contributed by atoms with Gasteiger partial charge < -0.3 is 14.8 Å². The molecule has 28 heavy (non-hydrogen) atoms. The Bertz CT molecular complexity index is 836. The maximum Gasteiger partial charge on any atom is 0.119 e. The van der Waals surface area contributed by atoms with Gasteiger partial charge in [0, 0.05) is 17.1 Å². The lowest BCUT2D eigenvalue weighted by molar-refractivity contribution is 0.306. The molecule has 0 saturated heterocycles. The summed E-state index contributed by atoms with van der Waals surface area (Å²) < 4.78 is 11.0. The standard InChI is InChI=1S/C23H24ClNO2.ClH/c1-26-21-10-6-18(7-11-21)14-15-25-16-19-8-12-22(13-9-19)27-17-20-4-2-3-5-23(20)24;/h2-13,25H,14-17H2,1H3;1H. The van der Waals surface area contributed by atoms with Gasteiger partial charge in [0.2, 0.25) is 0 Å². The van der Waals surface area contributed by atoms with Gasteiger partial charge in [0.1, 0.15) is 18.1 Å². The number of nitrogens with one attached hydrogen (secondary N) is 1. The molecule has 5 heteroatoms. The van der Waals surface area contributed by atoms with E-state index in [1.807, 2.05) is 48.5 Å². The predicted octanol–water partition coefficient (Wildman–Crippen LogP) is 5.68. The van der Waals surface area contributed by atoms with Crippen LogP contribution in [0.5, 0.6) is 11.5 Å². The van der Waals surface area contributed by atoms with Crippen molar-refractivity contribution < 1.29 is 9.47 Å². The summed E-state index contributed by atoms with van der Waals surface area (Å²) in [5.41, 5.74) is 3.52. The number of rotatable bonds is 9. The van der Waals surface area contributed by atoms with Crippen molar-refractivity contribution in [3.05, 3.63) is 94.5 Å². The molecule has 148 valence electrons. The topological polar surface area (TPSA) is 30.5 Å². The van der Waals surface area contributed by atoms with Crippen molar-refractivity contribution >= 4 is 24.0 Å². The largest absolute Gasteiger partial charge is 0.497 e. The molecule has 0 spiro atoms. The van der Waals surface area contributed by atoms with E-state index in [0.717, 1.165) is 41.6 Å². The van der Waals surface area contributed by atoms with Gasteiger partial charge in [0.15, 0.2) is 0 Å². The van der Waals surface area contributed by atoms with Gasteiger partial charge in [-0.2, -0.15) is 0 Å². The van der Waals surface area contributed by atoms with Crippen LogP contribution in [-0.4, -0.2) is 13.7 Å². The lowest BCUT2D eigenvalue weighted by Gasteiger charge is -2.09. The van der Waals surface area contributed by atoms with E-state index in [4.69, 9.17) is 21.1 Å². The highest BCUT2D eigenvalue weighted by Gasteiger charge is 2.01. The Morgan fingerprint density at radius 3 is 2.14 bits per heavy atom. The van der Waals surface area contributed by atoms with E-state index in [-0.39, 0.29) is 12.4 Å². The second kappa shape index (κ2) is 11.6. The zero-order valence-corrected chi connectivity index (χ0v) is 17.4. The molecule has 0 aromatic heterocycles. The summed E-state index contributed by atoms with van der Waals surface area (Å²) in [5.74, 6) is 1.74. The number of benzene rings is 3. The van der Waals surface area contributed by atoms with Gasteiger partial charge in [-0.15, -0.1) is 12.4 Å². The van der Waals surface area contributed by atoms with E-state index in [2.05, 4.69) is 29.6 Å².